The zero-order valence-corrected chi connectivity index (χ0v) is 20.4. The van der Waals surface area contributed by atoms with Crippen molar-refractivity contribution in [1.29, 1.82) is 0 Å². The van der Waals surface area contributed by atoms with Crippen LogP contribution in [0.3, 0.4) is 0 Å². The number of pyridine rings is 1. The molecule has 0 saturated carbocycles. The third-order valence-corrected chi connectivity index (χ3v) is 7.27. The third-order valence-electron chi connectivity index (χ3n) is 6.02. The molecule has 2 N–H and O–H groups in total. The number of allylic oxidation sites excluding steroid dienone is 6. The van der Waals surface area contributed by atoms with Crippen molar-refractivity contribution in [2.45, 2.75) is 20.8 Å². The van der Waals surface area contributed by atoms with E-state index in [0.717, 1.165) is 54.9 Å². The molecular weight excluding hydrogens is 436 g/mol. The van der Waals surface area contributed by atoms with E-state index in [-0.39, 0.29) is 0 Å². The molecule has 168 valence electrons. The van der Waals surface area contributed by atoms with Crippen molar-refractivity contribution >= 4 is 44.3 Å². The first-order valence-electron chi connectivity index (χ1n) is 11.2. The summed E-state index contributed by atoms with van der Waals surface area (Å²) in [5, 5.41) is 10.0. The molecule has 5 rings (SSSR count). The molecule has 4 heterocycles. The van der Waals surface area contributed by atoms with Crippen molar-refractivity contribution in [3.8, 4) is 22.0 Å². The summed E-state index contributed by atoms with van der Waals surface area (Å²) < 4.78 is 0. The Morgan fingerprint density at radius 2 is 1.82 bits per heavy atom. The lowest BCUT2D eigenvalue weighted by atomic mass is 9.96. The molecule has 1 aromatic carbocycles. The number of fused-ring (bicyclic) bond motifs is 2. The van der Waals surface area contributed by atoms with Crippen LogP contribution in [0.25, 0.3) is 54.9 Å². The lowest BCUT2D eigenvalue weighted by Gasteiger charge is -2.08. The van der Waals surface area contributed by atoms with Gasteiger partial charge >= 0.3 is 0 Å². The van der Waals surface area contributed by atoms with Crippen molar-refractivity contribution in [3.63, 3.8) is 0 Å². The molecule has 0 amide bonds. The van der Waals surface area contributed by atoms with Gasteiger partial charge in [0.25, 0.3) is 0 Å². The summed E-state index contributed by atoms with van der Waals surface area (Å²) in [5.41, 5.74) is 9.44. The van der Waals surface area contributed by atoms with Gasteiger partial charge in [0, 0.05) is 27.4 Å². The van der Waals surface area contributed by atoms with Crippen molar-refractivity contribution in [1.82, 2.24) is 20.2 Å². The standard InChI is InChI=1S/C29H26N4S/c1-6-8-18(5)20(7-2)19-9-10-24-21(15-19)28(33-32-24)25-16-22-23(31-25)13-14-30-29(22)27-12-11-26(34-27)17(3)4/h6-16,31H,1,3H2,2,4-5H3,(H,32,33)/b18-8-,20-7+. The van der Waals surface area contributed by atoms with Crippen LogP contribution in [0.4, 0.5) is 0 Å². The molecule has 5 heteroatoms. The largest absolute Gasteiger partial charge is 0.353 e. The molecule has 0 radical (unpaired) electrons. The van der Waals surface area contributed by atoms with Crippen molar-refractivity contribution in [3.05, 3.63) is 96.1 Å². The number of rotatable bonds is 6. The van der Waals surface area contributed by atoms with Crippen LogP contribution in [0.2, 0.25) is 0 Å². The average Bonchev–Trinajstić information content (AvgIpc) is 3.56. The Hall–Kier alpha value is -3.96. The van der Waals surface area contributed by atoms with Gasteiger partial charge in [0.15, 0.2) is 0 Å². The molecule has 0 bridgehead atoms. The highest BCUT2D eigenvalue weighted by molar-refractivity contribution is 7.16. The van der Waals surface area contributed by atoms with Gasteiger partial charge < -0.3 is 4.98 Å². The second kappa shape index (κ2) is 8.76. The molecule has 0 fully saturated rings. The molecule has 0 atom stereocenters. The van der Waals surface area contributed by atoms with E-state index < -0.39 is 0 Å². The molecule has 0 aliphatic rings. The Kier molecular flexibility index (Phi) is 5.64. The maximum absolute atomic E-state index is 4.70. The van der Waals surface area contributed by atoms with Crippen LogP contribution < -0.4 is 0 Å². The van der Waals surface area contributed by atoms with Crippen molar-refractivity contribution < 1.29 is 0 Å². The molecule has 0 unspecified atom stereocenters. The van der Waals surface area contributed by atoms with Crippen molar-refractivity contribution in [2.24, 2.45) is 0 Å². The molecule has 0 aliphatic carbocycles. The van der Waals surface area contributed by atoms with E-state index in [2.05, 4.69) is 84.7 Å². The number of aromatic nitrogens is 4. The predicted octanol–water partition coefficient (Wildman–Crippen LogP) is 8.40. The van der Waals surface area contributed by atoms with Gasteiger partial charge in [0.2, 0.25) is 0 Å². The number of hydrogen-bond donors (Lipinski definition) is 2. The van der Waals surface area contributed by atoms with Crippen LogP contribution in [-0.4, -0.2) is 20.2 Å². The summed E-state index contributed by atoms with van der Waals surface area (Å²) in [6.07, 6.45) is 7.85. The SMILES string of the molecule is C=C/C=C(C)\C(=C/C)c1ccc2[nH]nc(-c3cc4c(-c5ccc(C(=C)C)s5)nccc4[nH]3)c2c1. The molecule has 34 heavy (non-hydrogen) atoms. The number of thiophene rings is 1. The summed E-state index contributed by atoms with van der Waals surface area (Å²) in [6.45, 7) is 14.1. The molecule has 0 aliphatic heterocycles. The van der Waals surface area contributed by atoms with Gasteiger partial charge in [0.05, 0.1) is 21.8 Å². The molecule has 4 nitrogen and oxygen atoms in total. The van der Waals surface area contributed by atoms with E-state index in [4.69, 9.17) is 4.98 Å². The van der Waals surface area contributed by atoms with Gasteiger partial charge in [-0.15, -0.1) is 11.3 Å². The Labute approximate surface area is 203 Å². The minimum atomic E-state index is 0.897. The first-order valence-corrected chi connectivity index (χ1v) is 12.0. The number of benzene rings is 1. The average molecular weight is 463 g/mol. The van der Waals surface area contributed by atoms with Crippen molar-refractivity contribution in [2.75, 3.05) is 0 Å². The monoisotopic (exact) mass is 462 g/mol. The number of hydrogen-bond acceptors (Lipinski definition) is 3. The molecule has 0 spiro atoms. The fourth-order valence-electron chi connectivity index (χ4n) is 4.35. The highest BCUT2D eigenvalue weighted by atomic mass is 32.1. The second-order valence-corrected chi connectivity index (χ2v) is 9.45. The Balaban J connectivity index is 1.63. The highest BCUT2D eigenvalue weighted by Crippen LogP contribution is 2.37. The van der Waals surface area contributed by atoms with Crippen LogP contribution >= 0.6 is 11.3 Å². The fourth-order valence-corrected chi connectivity index (χ4v) is 5.29. The molecule has 4 aromatic heterocycles. The summed E-state index contributed by atoms with van der Waals surface area (Å²) in [7, 11) is 0. The van der Waals surface area contributed by atoms with Gasteiger partial charge in [0.1, 0.15) is 5.69 Å². The second-order valence-electron chi connectivity index (χ2n) is 8.37. The number of aromatic amines is 2. The summed E-state index contributed by atoms with van der Waals surface area (Å²) in [5.74, 6) is 0. The summed E-state index contributed by atoms with van der Waals surface area (Å²) >= 11 is 1.72. The maximum atomic E-state index is 4.70. The lowest BCUT2D eigenvalue weighted by Crippen LogP contribution is -1.87. The first-order chi connectivity index (χ1) is 16.5. The van der Waals surface area contributed by atoms with Crippen LogP contribution in [0.1, 0.15) is 31.2 Å². The van der Waals surface area contributed by atoms with E-state index in [1.54, 1.807) is 11.3 Å². The van der Waals surface area contributed by atoms with E-state index in [1.807, 2.05) is 31.3 Å². The molecule has 0 saturated heterocycles. The van der Waals surface area contributed by atoms with Gasteiger partial charge in [-0.1, -0.05) is 37.5 Å². The van der Waals surface area contributed by atoms with E-state index >= 15 is 0 Å². The van der Waals surface area contributed by atoms with Gasteiger partial charge in [-0.05, 0) is 79.5 Å². The third kappa shape index (κ3) is 3.74. The van der Waals surface area contributed by atoms with Gasteiger partial charge in [-0.3, -0.25) is 10.1 Å². The predicted molar refractivity (Wildman–Crippen MR) is 147 cm³/mol. The van der Waals surface area contributed by atoms with Crippen LogP contribution in [0.15, 0.2) is 85.6 Å². The normalized spacial score (nSPS) is 12.6. The van der Waals surface area contributed by atoms with Crippen LogP contribution in [0, 0.1) is 0 Å². The lowest BCUT2D eigenvalue weighted by molar-refractivity contribution is 1.12. The van der Waals surface area contributed by atoms with E-state index in [0.29, 0.717) is 0 Å². The Bertz CT molecular complexity index is 1620. The number of nitrogens with one attached hydrogen (secondary N) is 2. The fraction of sp³-hybridized carbons (Fsp3) is 0.103. The first kappa shape index (κ1) is 21.9. The Morgan fingerprint density at radius 1 is 1.00 bits per heavy atom. The quantitative estimate of drug-likeness (QED) is 0.249. The summed E-state index contributed by atoms with van der Waals surface area (Å²) in [4.78, 5) is 10.6. The van der Waals surface area contributed by atoms with Crippen LogP contribution in [0.5, 0.6) is 0 Å². The minimum Gasteiger partial charge on any atom is -0.353 e. The van der Waals surface area contributed by atoms with Crippen LogP contribution in [-0.2, 0) is 0 Å². The molecular formula is C29H26N4S. The van der Waals surface area contributed by atoms with Gasteiger partial charge in [-0.2, -0.15) is 5.10 Å². The van der Waals surface area contributed by atoms with E-state index in [1.165, 1.54) is 16.0 Å². The molecule has 5 aromatic rings. The Morgan fingerprint density at radius 3 is 2.56 bits per heavy atom. The van der Waals surface area contributed by atoms with E-state index in [9.17, 15) is 0 Å². The zero-order chi connectivity index (χ0) is 23.8. The topological polar surface area (TPSA) is 57.4 Å². The minimum absolute atomic E-state index is 0.897. The highest BCUT2D eigenvalue weighted by Gasteiger charge is 2.16. The zero-order valence-electron chi connectivity index (χ0n) is 19.6. The number of nitrogens with zero attached hydrogens (tertiary/aromatic N) is 2. The number of H-pyrrole nitrogens is 2. The summed E-state index contributed by atoms with van der Waals surface area (Å²) in [6, 6.07) is 14.8. The smallest absolute Gasteiger partial charge is 0.116 e. The maximum Gasteiger partial charge on any atom is 0.116 e. The van der Waals surface area contributed by atoms with Gasteiger partial charge in [-0.25, -0.2) is 0 Å².